The van der Waals surface area contributed by atoms with Gasteiger partial charge in [-0.2, -0.15) is 4.98 Å². The van der Waals surface area contributed by atoms with E-state index in [0.29, 0.717) is 29.0 Å². The Morgan fingerprint density at radius 1 is 1.16 bits per heavy atom. The number of rotatable bonds is 7. The molecule has 166 valence electrons. The van der Waals surface area contributed by atoms with E-state index in [1.54, 1.807) is 30.5 Å². The van der Waals surface area contributed by atoms with Crippen molar-refractivity contribution in [3.05, 3.63) is 76.5 Å². The van der Waals surface area contributed by atoms with E-state index in [9.17, 15) is 4.79 Å². The number of hydrogen-bond donors (Lipinski definition) is 1. The van der Waals surface area contributed by atoms with Crippen LogP contribution in [0.2, 0.25) is 0 Å². The van der Waals surface area contributed by atoms with Crippen LogP contribution >= 0.6 is 11.8 Å². The lowest BCUT2D eigenvalue weighted by Gasteiger charge is -2.28. The number of hydrogen-bond acceptors (Lipinski definition) is 7. The summed E-state index contributed by atoms with van der Waals surface area (Å²) in [6.45, 7) is 6.06. The molecule has 0 saturated heterocycles. The first kappa shape index (κ1) is 22.0. The lowest BCUT2D eigenvalue weighted by molar-refractivity contribution is -0.139. The largest absolute Gasteiger partial charge is 0.497 e. The molecule has 0 unspecified atom stereocenters. The van der Waals surface area contributed by atoms with Gasteiger partial charge in [0.05, 0.1) is 19.3 Å². The number of ether oxygens (including phenoxy) is 2. The summed E-state index contributed by atoms with van der Waals surface area (Å²) in [6, 6.07) is 15.5. The van der Waals surface area contributed by atoms with E-state index >= 15 is 0 Å². The highest BCUT2D eigenvalue weighted by molar-refractivity contribution is 7.98. The van der Waals surface area contributed by atoms with E-state index in [4.69, 9.17) is 14.6 Å². The Kier molecular flexibility index (Phi) is 6.50. The minimum Gasteiger partial charge on any atom is -0.497 e. The number of nitrogens with zero attached hydrogens (tertiary/aromatic N) is 3. The van der Waals surface area contributed by atoms with Gasteiger partial charge in [-0.3, -0.25) is 0 Å². The molecule has 0 bridgehead atoms. The molecule has 32 heavy (non-hydrogen) atoms. The molecule has 1 atom stereocenters. The molecule has 0 amide bonds. The third-order valence-electron chi connectivity index (χ3n) is 5.38. The summed E-state index contributed by atoms with van der Waals surface area (Å²) >= 11 is 1.57. The topological polar surface area (TPSA) is 78.3 Å². The summed E-state index contributed by atoms with van der Waals surface area (Å²) in [5.41, 5.74) is 4.60. The minimum absolute atomic E-state index is 0.298. The highest BCUT2D eigenvalue weighted by Crippen LogP contribution is 2.37. The van der Waals surface area contributed by atoms with Gasteiger partial charge in [0.2, 0.25) is 11.1 Å². The predicted octanol–water partition coefficient (Wildman–Crippen LogP) is 4.74. The minimum atomic E-state index is -0.448. The quantitative estimate of drug-likeness (QED) is 0.411. The van der Waals surface area contributed by atoms with Gasteiger partial charge in [0.1, 0.15) is 11.8 Å². The molecule has 0 spiro atoms. The highest BCUT2D eigenvalue weighted by Gasteiger charge is 2.35. The van der Waals surface area contributed by atoms with E-state index < -0.39 is 6.04 Å². The molecule has 2 heterocycles. The fourth-order valence-electron chi connectivity index (χ4n) is 3.67. The molecule has 7 nitrogen and oxygen atoms in total. The zero-order chi connectivity index (χ0) is 22.7. The van der Waals surface area contributed by atoms with Crippen LogP contribution in [0.15, 0.2) is 65.0 Å². The van der Waals surface area contributed by atoms with Crippen LogP contribution in [-0.4, -0.2) is 34.5 Å². The number of anilines is 1. The van der Waals surface area contributed by atoms with Crippen LogP contribution in [0.25, 0.3) is 0 Å². The van der Waals surface area contributed by atoms with Crippen LogP contribution in [0.1, 0.15) is 36.6 Å². The number of nitrogens with one attached hydrogen (secondary N) is 1. The summed E-state index contributed by atoms with van der Waals surface area (Å²) in [6.07, 6.45) is 0. The van der Waals surface area contributed by atoms with Crippen molar-refractivity contribution in [3.8, 4) is 5.75 Å². The van der Waals surface area contributed by atoms with E-state index in [1.165, 1.54) is 11.1 Å². The molecular formula is C24H26N4O3S. The van der Waals surface area contributed by atoms with Crippen LogP contribution in [-0.2, 0) is 15.3 Å². The number of esters is 1. The molecule has 2 aromatic carbocycles. The van der Waals surface area contributed by atoms with Gasteiger partial charge in [0.25, 0.3) is 0 Å². The van der Waals surface area contributed by atoms with Gasteiger partial charge in [-0.15, -0.1) is 5.10 Å². The Morgan fingerprint density at radius 2 is 1.91 bits per heavy atom. The first-order valence-corrected chi connectivity index (χ1v) is 11.4. The molecule has 0 fully saturated rings. The molecule has 1 aliphatic heterocycles. The van der Waals surface area contributed by atoms with E-state index in [2.05, 4.69) is 29.4 Å². The number of carbonyl (C=O) groups excluding carboxylic acids is 1. The summed E-state index contributed by atoms with van der Waals surface area (Å²) in [4.78, 5) is 17.6. The van der Waals surface area contributed by atoms with Crippen molar-refractivity contribution in [2.45, 2.75) is 37.7 Å². The second-order valence-electron chi connectivity index (χ2n) is 7.44. The molecule has 8 heteroatoms. The first-order chi connectivity index (χ1) is 15.5. The summed E-state index contributed by atoms with van der Waals surface area (Å²) in [7, 11) is 1.63. The zero-order valence-corrected chi connectivity index (χ0v) is 19.4. The van der Waals surface area contributed by atoms with Gasteiger partial charge in [-0.05, 0) is 49.6 Å². The SMILES string of the molecule is CCOC(=O)C1=C(C)Nc2nc(SCc3ccccc3C)nn2[C@@H]1c1ccc(OC)cc1. The maximum absolute atomic E-state index is 12.9. The smallest absolute Gasteiger partial charge is 0.338 e. The van der Waals surface area contributed by atoms with Gasteiger partial charge in [0.15, 0.2) is 0 Å². The maximum atomic E-state index is 12.9. The summed E-state index contributed by atoms with van der Waals surface area (Å²) < 4.78 is 12.4. The van der Waals surface area contributed by atoms with Crippen LogP contribution in [0.3, 0.4) is 0 Å². The molecule has 0 radical (unpaired) electrons. The summed E-state index contributed by atoms with van der Waals surface area (Å²) in [5.74, 6) is 1.74. The molecule has 4 rings (SSSR count). The standard InChI is InChI=1S/C24H26N4O3S/c1-5-31-22(29)20-16(3)25-23-26-24(32-14-18-9-7-6-8-15(18)2)27-28(23)21(20)17-10-12-19(30-4)13-11-17/h6-13,21H,5,14H2,1-4H3,(H,25,26,27)/t21-/m1/s1. The van der Waals surface area contributed by atoms with Crippen molar-refractivity contribution in [3.63, 3.8) is 0 Å². The normalized spacial score (nSPS) is 15.2. The number of carbonyl (C=O) groups is 1. The van der Waals surface area contributed by atoms with Gasteiger partial charge in [0, 0.05) is 11.4 Å². The van der Waals surface area contributed by atoms with E-state index in [1.807, 2.05) is 43.3 Å². The predicted molar refractivity (Wildman–Crippen MR) is 125 cm³/mol. The molecule has 1 aliphatic rings. The second-order valence-corrected chi connectivity index (χ2v) is 8.38. The highest BCUT2D eigenvalue weighted by atomic mass is 32.2. The number of benzene rings is 2. The molecule has 0 aliphatic carbocycles. The Labute approximate surface area is 191 Å². The van der Waals surface area contributed by atoms with E-state index in [-0.39, 0.29) is 5.97 Å². The van der Waals surface area contributed by atoms with Crippen molar-refractivity contribution in [1.82, 2.24) is 14.8 Å². The number of aryl methyl sites for hydroxylation is 1. The molecule has 1 N–H and O–H groups in total. The average molecular weight is 451 g/mol. The fraction of sp³-hybridized carbons (Fsp3) is 0.292. The second kappa shape index (κ2) is 9.48. The van der Waals surface area contributed by atoms with Crippen molar-refractivity contribution >= 4 is 23.7 Å². The van der Waals surface area contributed by atoms with Crippen LogP contribution in [0, 0.1) is 6.92 Å². The monoisotopic (exact) mass is 450 g/mol. The number of fused-ring (bicyclic) bond motifs is 1. The van der Waals surface area contributed by atoms with Crippen LogP contribution in [0.4, 0.5) is 5.95 Å². The van der Waals surface area contributed by atoms with Crippen LogP contribution < -0.4 is 10.1 Å². The van der Waals surface area contributed by atoms with Gasteiger partial charge in [-0.1, -0.05) is 48.2 Å². The van der Waals surface area contributed by atoms with Crippen molar-refractivity contribution < 1.29 is 14.3 Å². The lowest BCUT2D eigenvalue weighted by Crippen LogP contribution is -2.29. The first-order valence-electron chi connectivity index (χ1n) is 10.4. The molecule has 3 aromatic rings. The Morgan fingerprint density at radius 3 is 2.59 bits per heavy atom. The average Bonchev–Trinajstić information content (AvgIpc) is 3.20. The Bertz CT molecular complexity index is 1150. The van der Waals surface area contributed by atoms with Gasteiger partial charge < -0.3 is 14.8 Å². The maximum Gasteiger partial charge on any atom is 0.338 e. The van der Waals surface area contributed by atoms with Crippen molar-refractivity contribution in [2.75, 3.05) is 19.0 Å². The van der Waals surface area contributed by atoms with E-state index in [0.717, 1.165) is 17.1 Å². The third kappa shape index (κ3) is 4.36. The van der Waals surface area contributed by atoms with Gasteiger partial charge in [-0.25, -0.2) is 9.48 Å². The number of allylic oxidation sites excluding steroid dienone is 1. The third-order valence-corrected chi connectivity index (χ3v) is 6.26. The molecule has 0 saturated carbocycles. The van der Waals surface area contributed by atoms with Crippen molar-refractivity contribution in [2.24, 2.45) is 0 Å². The number of methoxy groups -OCH3 is 1. The number of aromatic nitrogens is 3. The fourth-order valence-corrected chi connectivity index (χ4v) is 4.58. The van der Waals surface area contributed by atoms with Crippen molar-refractivity contribution in [1.29, 1.82) is 0 Å². The Balaban J connectivity index is 1.69. The zero-order valence-electron chi connectivity index (χ0n) is 18.6. The molecular weight excluding hydrogens is 424 g/mol. The molecule has 1 aromatic heterocycles. The summed E-state index contributed by atoms with van der Waals surface area (Å²) in [5, 5.41) is 8.63. The number of thioether (sulfide) groups is 1. The van der Waals surface area contributed by atoms with Gasteiger partial charge >= 0.3 is 5.97 Å². The lowest BCUT2D eigenvalue weighted by atomic mass is 9.96. The Hall–Kier alpha value is -3.26. The van der Waals surface area contributed by atoms with Crippen LogP contribution in [0.5, 0.6) is 5.75 Å².